The Morgan fingerprint density at radius 3 is 2.67 bits per heavy atom. The summed E-state index contributed by atoms with van der Waals surface area (Å²) in [5.74, 6) is 0.378. The number of aromatic nitrogens is 1. The van der Waals surface area contributed by atoms with Crippen molar-refractivity contribution in [2.24, 2.45) is 0 Å². The van der Waals surface area contributed by atoms with Crippen molar-refractivity contribution in [2.45, 2.75) is 6.42 Å². The van der Waals surface area contributed by atoms with Crippen LogP contribution in [-0.4, -0.2) is 67.0 Å². The molecule has 0 aliphatic carbocycles. The van der Waals surface area contributed by atoms with E-state index < -0.39 is 0 Å². The third kappa shape index (κ3) is 3.03. The van der Waals surface area contributed by atoms with Gasteiger partial charge in [0.05, 0.1) is 0 Å². The smallest absolute Gasteiger partial charge is 0.268 e. The summed E-state index contributed by atoms with van der Waals surface area (Å²) in [6.07, 6.45) is 5.05. The number of likely N-dealkylation sites (N-methyl/N-ethyl adjacent to an activating group) is 1. The maximum atomic E-state index is 12.5. The van der Waals surface area contributed by atoms with Crippen molar-refractivity contribution in [3.63, 3.8) is 0 Å². The number of anilines is 2. The summed E-state index contributed by atoms with van der Waals surface area (Å²) in [4.78, 5) is 23.9. The first kappa shape index (κ1) is 14.3. The average molecular weight is 307 g/mol. The van der Waals surface area contributed by atoms with Crippen molar-refractivity contribution in [1.82, 2.24) is 14.8 Å². The molecule has 0 saturated carbocycles. The Labute approximate surface area is 128 Å². The molecule has 3 heterocycles. The average Bonchev–Trinajstić information content (AvgIpc) is 2.90. The molecule has 1 aromatic rings. The quantitative estimate of drug-likeness (QED) is 0.822. The monoisotopic (exact) mass is 307 g/mol. The second-order valence-electron chi connectivity index (χ2n) is 5.51. The van der Waals surface area contributed by atoms with E-state index in [-0.39, 0.29) is 5.91 Å². The fourth-order valence-corrected chi connectivity index (χ4v) is 3.58. The number of carbonyl (C=O) groups excluding carboxylic acids is 1. The molecule has 1 amide bonds. The zero-order chi connectivity index (χ0) is 14.8. The number of thiazole rings is 1. The van der Waals surface area contributed by atoms with E-state index in [1.165, 1.54) is 11.3 Å². The van der Waals surface area contributed by atoms with Crippen molar-refractivity contribution in [3.05, 3.63) is 17.0 Å². The van der Waals surface area contributed by atoms with E-state index in [1.807, 2.05) is 11.0 Å². The minimum absolute atomic E-state index is 0.00901. The summed E-state index contributed by atoms with van der Waals surface area (Å²) in [5, 5.41) is 0.872. The molecule has 1 aromatic heterocycles. The van der Waals surface area contributed by atoms with Gasteiger partial charge in [-0.25, -0.2) is 4.98 Å². The lowest BCUT2D eigenvalue weighted by Gasteiger charge is -2.32. The van der Waals surface area contributed by atoms with Gasteiger partial charge in [-0.2, -0.15) is 0 Å². The summed E-state index contributed by atoms with van der Waals surface area (Å²) in [6, 6.07) is 0. The number of hydrogen-bond acceptors (Lipinski definition) is 6. The standard InChI is InChI=1S/C14H21N5OS/c1-17-7-9-19(10-8-17)14-16-12(15)11(21-14)13(20)18-5-3-2-4-6-18/h2-3H,4-10,15H2,1H3. The molecule has 3 rings (SSSR count). The Balaban J connectivity index is 1.74. The zero-order valence-electron chi connectivity index (χ0n) is 12.3. The van der Waals surface area contributed by atoms with Gasteiger partial charge in [0.25, 0.3) is 5.91 Å². The fourth-order valence-electron chi connectivity index (χ4n) is 2.58. The first-order valence-electron chi connectivity index (χ1n) is 7.29. The van der Waals surface area contributed by atoms with Crippen molar-refractivity contribution < 1.29 is 4.79 Å². The van der Waals surface area contributed by atoms with Crippen LogP contribution in [0.1, 0.15) is 16.1 Å². The number of amides is 1. The lowest BCUT2D eigenvalue weighted by atomic mass is 10.2. The molecule has 6 nitrogen and oxygen atoms in total. The normalized spacial score (nSPS) is 20.0. The summed E-state index contributed by atoms with van der Waals surface area (Å²) in [6.45, 7) is 5.32. The van der Waals surface area contributed by atoms with Crippen LogP contribution >= 0.6 is 11.3 Å². The van der Waals surface area contributed by atoms with E-state index >= 15 is 0 Å². The van der Waals surface area contributed by atoms with Crippen LogP contribution in [-0.2, 0) is 0 Å². The van der Waals surface area contributed by atoms with Crippen LogP contribution in [0.4, 0.5) is 10.9 Å². The molecule has 0 radical (unpaired) electrons. The molecule has 0 unspecified atom stereocenters. The Kier molecular flexibility index (Phi) is 4.12. The van der Waals surface area contributed by atoms with Gasteiger partial charge in [-0.05, 0) is 13.5 Å². The van der Waals surface area contributed by atoms with Crippen molar-refractivity contribution in [3.8, 4) is 0 Å². The van der Waals surface area contributed by atoms with Gasteiger partial charge in [0.2, 0.25) is 0 Å². The van der Waals surface area contributed by atoms with Gasteiger partial charge in [0, 0.05) is 39.3 Å². The lowest BCUT2D eigenvalue weighted by molar-refractivity contribution is 0.0776. The van der Waals surface area contributed by atoms with Crippen LogP contribution in [0.3, 0.4) is 0 Å². The van der Waals surface area contributed by atoms with Crippen LogP contribution in [0.15, 0.2) is 12.2 Å². The van der Waals surface area contributed by atoms with Crippen LogP contribution in [0, 0.1) is 0 Å². The van der Waals surface area contributed by atoms with Crippen LogP contribution in [0.2, 0.25) is 0 Å². The van der Waals surface area contributed by atoms with Crippen LogP contribution in [0.25, 0.3) is 0 Å². The van der Waals surface area contributed by atoms with E-state index in [1.54, 1.807) is 0 Å². The molecule has 2 N–H and O–H groups in total. The van der Waals surface area contributed by atoms with Gasteiger partial charge in [0.15, 0.2) is 5.13 Å². The van der Waals surface area contributed by atoms with E-state index in [0.29, 0.717) is 17.2 Å². The number of piperazine rings is 1. The number of carbonyl (C=O) groups is 1. The first-order valence-corrected chi connectivity index (χ1v) is 8.11. The van der Waals surface area contributed by atoms with E-state index in [2.05, 4.69) is 27.9 Å². The highest BCUT2D eigenvalue weighted by Gasteiger charge is 2.25. The van der Waals surface area contributed by atoms with Gasteiger partial charge in [0.1, 0.15) is 10.7 Å². The lowest BCUT2D eigenvalue weighted by Crippen LogP contribution is -2.44. The second-order valence-corrected chi connectivity index (χ2v) is 6.49. The minimum Gasteiger partial charge on any atom is -0.382 e. The number of nitrogens with two attached hydrogens (primary N) is 1. The molecular formula is C14H21N5OS. The molecule has 7 heteroatoms. The highest BCUT2D eigenvalue weighted by atomic mass is 32.1. The number of nitrogens with zero attached hydrogens (tertiary/aromatic N) is 4. The first-order chi connectivity index (χ1) is 10.1. The Bertz CT molecular complexity index is 548. The molecule has 21 heavy (non-hydrogen) atoms. The van der Waals surface area contributed by atoms with Crippen LogP contribution in [0.5, 0.6) is 0 Å². The third-order valence-corrected chi connectivity index (χ3v) is 5.08. The van der Waals surface area contributed by atoms with Crippen molar-refractivity contribution >= 4 is 28.2 Å². The van der Waals surface area contributed by atoms with E-state index in [9.17, 15) is 4.79 Å². The molecule has 0 aromatic carbocycles. The summed E-state index contributed by atoms with van der Waals surface area (Å²) >= 11 is 1.43. The largest absolute Gasteiger partial charge is 0.382 e. The van der Waals surface area contributed by atoms with Gasteiger partial charge < -0.3 is 20.4 Å². The number of rotatable bonds is 2. The van der Waals surface area contributed by atoms with E-state index in [4.69, 9.17) is 5.73 Å². The van der Waals surface area contributed by atoms with Gasteiger partial charge in [-0.1, -0.05) is 23.5 Å². The number of nitrogen functional groups attached to an aromatic ring is 1. The van der Waals surface area contributed by atoms with Crippen molar-refractivity contribution in [1.29, 1.82) is 0 Å². The second kappa shape index (κ2) is 6.03. The Morgan fingerprint density at radius 1 is 1.24 bits per heavy atom. The molecule has 0 atom stereocenters. The van der Waals surface area contributed by atoms with Crippen LogP contribution < -0.4 is 10.6 Å². The SMILES string of the molecule is CN1CCN(c2nc(N)c(C(=O)N3CC=CCC3)s2)CC1. The highest BCUT2D eigenvalue weighted by molar-refractivity contribution is 7.18. The molecule has 0 bridgehead atoms. The third-order valence-electron chi connectivity index (χ3n) is 3.96. The predicted octanol–water partition coefficient (Wildman–Crippen LogP) is 0.879. The van der Waals surface area contributed by atoms with Gasteiger partial charge >= 0.3 is 0 Å². The Hall–Kier alpha value is -1.60. The fraction of sp³-hybridized carbons (Fsp3) is 0.571. The van der Waals surface area contributed by atoms with Gasteiger partial charge in [-0.3, -0.25) is 4.79 Å². The summed E-state index contributed by atoms with van der Waals surface area (Å²) < 4.78 is 0. The van der Waals surface area contributed by atoms with Crippen molar-refractivity contribution in [2.75, 3.05) is 56.9 Å². The Morgan fingerprint density at radius 2 is 2.00 bits per heavy atom. The maximum absolute atomic E-state index is 12.5. The predicted molar refractivity (Wildman–Crippen MR) is 85.9 cm³/mol. The minimum atomic E-state index is 0.00901. The summed E-state index contributed by atoms with van der Waals surface area (Å²) in [7, 11) is 2.12. The van der Waals surface area contributed by atoms with E-state index in [0.717, 1.165) is 44.3 Å². The topological polar surface area (TPSA) is 65.7 Å². The zero-order valence-corrected chi connectivity index (χ0v) is 13.1. The maximum Gasteiger partial charge on any atom is 0.268 e. The highest BCUT2D eigenvalue weighted by Crippen LogP contribution is 2.30. The molecule has 114 valence electrons. The number of hydrogen-bond donors (Lipinski definition) is 1. The molecule has 1 fully saturated rings. The molecule has 2 aliphatic rings. The molecule has 0 spiro atoms. The molecule has 2 aliphatic heterocycles. The molecule has 1 saturated heterocycles. The summed E-state index contributed by atoms with van der Waals surface area (Å²) in [5.41, 5.74) is 5.98. The molecular weight excluding hydrogens is 286 g/mol. The van der Waals surface area contributed by atoms with Gasteiger partial charge in [-0.15, -0.1) is 0 Å².